The third-order valence-electron chi connectivity index (χ3n) is 5.43. The summed E-state index contributed by atoms with van der Waals surface area (Å²) in [5.41, 5.74) is -1.71. The van der Waals surface area contributed by atoms with E-state index >= 15 is 4.39 Å². The summed E-state index contributed by atoms with van der Waals surface area (Å²) in [5, 5.41) is 8.60. The van der Waals surface area contributed by atoms with Gasteiger partial charge in [0.2, 0.25) is 0 Å². The second-order valence-corrected chi connectivity index (χ2v) is 10.5. The van der Waals surface area contributed by atoms with Crippen molar-refractivity contribution in [2.24, 2.45) is 0 Å². The number of halogens is 5. The van der Waals surface area contributed by atoms with Gasteiger partial charge in [0, 0.05) is 11.9 Å². The minimum Gasteiger partial charge on any atom is -0.444 e. The predicted octanol–water partition coefficient (Wildman–Crippen LogP) is 6.54. The van der Waals surface area contributed by atoms with E-state index < -0.39 is 39.9 Å². The third-order valence-corrected chi connectivity index (χ3v) is 6.87. The monoisotopic (exact) mass is 563 g/mol. The lowest BCUT2D eigenvalue weighted by Gasteiger charge is -2.36. The number of aromatic nitrogens is 4. The molecule has 0 spiro atoms. The van der Waals surface area contributed by atoms with Gasteiger partial charge in [0.15, 0.2) is 5.82 Å². The first-order valence-corrected chi connectivity index (χ1v) is 12.5. The van der Waals surface area contributed by atoms with Gasteiger partial charge in [0.1, 0.15) is 33.3 Å². The molecule has 0 saturated carbocycles. The predicted molar refractivity (Wildman–Crippen MR) is 123 cm³/mol. The topological polar surface area (TPSA) is 73.1 Å². The molecule has 4 rings (SSSR count). The highest BCUT2D eigenvalue weighted by molar-refractivity contribution is 9.10. The van der Waals surface area contributed by atoms with Crippen molar-refractivity contribution in [3.05, 3.63) is 21.9 Å². The molecule has 1 amide bonds. The van der Waals surface area contributed by atoms with Crippen molar-refractivity contribution in [1.29, 1.82) is 0 Å². The zero-order valence-electron chi connectivity index (χ0n) is 18.8. The lowest BCUT2D eigenvalue weighted by atomic mass is 10.1. The summed E-state index contributed by atoms with van der Waals surface area (Å²) in [6.07, 6.45) is -2.33. The van der Waals surface area contributed by atoms with Crippen LogP contribution in [-0.4, -0.2) is 49.4 Å². The Morgan fingerprint density at radius 1 is 1.24 bits per heavy atom. The van der Waals surface area contributed by atoms with Crippen molar-refractivity contribution in [2.75, 3.05) is 12.8 Å². The average Bonchev–Trinajstić information content (AvgIpc) is 3.19. The molecule has 13 heteroatoms. The van der Waals surface area contributed by atoms with Gasteiger partial charge in [0.25, 0.3) is 0 Å². The van der Waals surface area contributed by atoms with Crippen LogP contribution in [0.1, 0.15) is 51.8 Å². The fraction of sp³-hybridized carbons (Fsp3) is 0.524. The van der Waals surface area contributed by atoms with Crippen LogP contribution in [0.4, 0.5) is 22.4 Å². The number of rotatable bonds is 2. The number of fused-ring (bicyclic) bond motifs is 3. The Balaban J connectivity index is 1.99. The number of likely N-dealkylation sites (tertiary alicyclic amines) is 1. The Morgan fingerprint density at radius 3 is 2.56 bits per heavy atom. The fourth-order valence-corrected chi connectivity index (χ4v) is 5.05. The molecule has 2 aromatic heterocycles. The summed E-state index contributed by atoms with van der Waals surface area (Å²) >= 11 is 3.92. The number of piperidine rings is 1. The molecular formula is C21H22BrF4N5O2S. The molecule has 1 aromatic carbocycles. The van der Waals surface area contributed by atoms with E-state index in [1.54, 1.807) is 27.0 Å². The zero-order valence-corrected chi connectivity index (χ0v) is 21.2. The van der Waals surface area contributed by atoms with Crippen molar-refractivity contribution in [2.45, 2.75) is 63.0 Å². The number of amides is 1. The molecule has 0 aliphatic carbocycles. The maximum Gasteiger partial charge on any atom is 0.417 e. The van der Waals surface area contributed by atoms with Gasteiger partial charge in [0.05, 0.1) is 10.0 Å². The number of alkyl halides is 3. The summed E-state index contributed by atoms with van der Waals surface area (Å²) in [6, 6.07) is 0.850. The first-order valence-electron chi connectivity index (χ1n) is 10.5. The molecule has 7 nitrogen and oxygen atoms in total. The summed E-state index contributed by atoms with van der Waals surface area (Å²) < 4.78 is 62.4. The number of thioether (sulfide) groups is 1. The first kappa shape index (κ1) is 25.0. The second kappa shape index (κ2) is 8.81. The van der Waals surface area contributed by atoms with Crippen LogP contribution in [0.2, 0.25) is 0 Å². The van der Waals surface area contributed by atoms with Crippen molar-refractivity contribution in [1.82, 2.24) is 24.9 Å². The van der Waals surface area contributed by atoms with Gasteiger partial charge in [-0.1, -0.05) is 5.21 Å². The number of benzene rings is 1. The molecule has 1 fully saturated rings. The maximum absolute atomic E-state index is 15.2. The highest BCUT2D eigenvalue weighted by Gasteiger charge is 2.38. The lowest BCUT2D eigenvalue weighted by Crippen LogP contribution is -2.44. The minimum absolute atomic E-state index is 0.0828. The number of carbonyl (C=O) groups is 1. The van der Waals surface area contributed by atoms with Gasteiger partial charge < -0.3 is 4.74 Å². The standard InChI is InChI=1S/C21H22BrF4N5O2S/c1-20(2,3)33-19(32)30-8-6-5-7-12(30)31-17-10-9-11(21(24,25)26)13(22)14(23)15(10)27-18(34-4)16(17)28-29-31/h9,12H,5-8H2,1-4H3. The number of carbonyl (C=O) groups excluding carboxylic acids is 1. The number of pyridine rings is 1. The molecule has 1 saturated heterocycles. The van der Waals surface area contributed by atoms with E-state index in [2.05, 4.69) is 31.2 Å². The van der Waals surface area contributed by atoms with E-state index in [-0.39, 0.29) is 21.9 Å². The van der Waals surface area contributed by atoms with E-state index in [0.717, 1.165) is 18.9 Å². The van der Waals surface area contributed by atoms with Crippen molar-refractivity contribution < 1.29 is 27.1 Å². The molecule has 1 aliphatic rings. The van der Waals surface area contributed by atoms with Gasteiger partial charge in [-0.2, -0.15) is 13.2 Å². The van der Waals surface area contributed by atoms with Crippen molar-refractivity contribution in [3.63, 3.8) is 0 Å². The highest BCUT2D eigenvalue weighted by Crippen LogP contribution is 2.42. The van der Waals surface area contributed by atoms with E-state index in [0.29, 0.717) is 18.0 Å². The highest BCUT2D eigenvalue weighted by atomic mass is 79.9. The van der Waals surface area contributed by atoms with Crippen molar-refractivity contribution >= 4 is 55.7 Å². The van der Waals surface area contributed by atoms with Crippen molar-refractivity contribution in [3.8, 4) is 0 Å². The molecular weight excluding hydrogens is 542 g/mol. The largest absolute Gasteiger partial charge is 0.444 e. The fourth-order valence-electron chi connectivity index (χ4n) is 4.01. The summed E-state index contributed by atoms with van der Waals surface area (Å²) in [5.74, 6) is -1.12. The van der Waals surface area contributed by atoms with Crippen LogP contribution in [0.15, 0.2) is 15.6 Å². The molecule has 1 unspecified atom stereocenters. The van der Waals surface area contributed by atoms with Gasteiger partial charge in [-0.25, -0.2) is 18.9 Å². The van der Waals surface area contributed by atoms with E-state index in [1.807, 2.05) is 0 Å². The number of hydrogen-bond acceptors (Lipinski definition) is 6. The minimum atomic E-state index is -4.80. The van der Waals surface area contributed by atoms with E-state index in [4.69, 9.17) is 4.74 Å². The molecule has 3 heterocycles. The second-order valence-electron chi connectivity index (χ2n) is 8.95. The van der Waals surface area contributed by atoms with Gasteiger partial charge in [-0.3, -0.25) is 4.90 Å². The number of ether oxygens (including phenoxy) is 1. The van der Waals surface area contributed by atoms with Crippen LogP contribution in [0, 0.1) is 5.82 Å². The summed E-state index contributed by atoms with van der Waals surface area (Å²) in [7, 11) is 0. The molecule has 0 radical (unpaired) electrons. The maximum atomic E-state index is 15.2. The van der Waals surface area contributed by atoms with E-state index in [1.165, 1.54) is 21.3 Å². The van der Waals surface area contributed by atoms with Gasteiger partial charge in [-0.15, -0.1) is 16.9 Å². The van der Waals surface area contributed by atoms with Crippen LogP contribution in [0.25, 0.3) is 21.9 Å². The van der Waals surface area contributed by atoms with Gasteiger partial charge >= 0.3 is 12.3 Å². The zero-order chi connectivity index (χ0) is 25.0. The number of nitrogens with zero attached hydrogens (tertiary/aromatic N) is 5. The lowest BCUT2D eigenvalue weighted by molar-refractivity contribution is -0.138. The molecule has 1 atom stereocenters. The summed E-state index contributed by atoms with van der Waals surface area (Å²) in [4.78, 5) is 18.7. The Hall–Kier alpha value is -2.15. The molecule has 3 aromatic rings. The SMILES string of the molecule is CSc1nc2c(F)c(Br)c(C(F)(F)F)cc2c2c1nnn2C1CCCCN1C(=O)OC(C)(C)C. The molecule has 184 valence electrons. The van der Waals surface area contributed by atoms with Crippen LogP contribution < -0.4 is 0 Å². The third kappa shape index (κ3) is 4.43. The van der Waals surface area contributed by atoms with Crippen LogP contribution in [0.5, 0.6) is 0 Å². The van der Waals surface area contributed by atoms with Crippen LogP contribution in [-0.2, 0) is 10.9 Å². The Kier molecular flexibility index (Phi) is 6.47. The Labute approximate surface area is 205 Å². The Morgan fingerprint density at radius 2 is 1.94 bits per heavy atom. The van der Waals surface area contributed by atoms with Crippen LogP contribution in [0.3, 0.4) is 0 Å². The molecule has 0 N–H and O–H groups in total. The summed E-state index contributed by atoms with van der Waals surface area (Å²) in [6.45, 7) is 5.63. The smallest absolute Gasteiger partial charge is 0.417 e. The van der Waals surface area contributed by atoms with E-state index in [9.17, 15) is 18.0 Å². The molecule has 1 aliphatic heterocycles. The van der Waals surface area contributed by atoms with Gasteiger partial charge in [-0.05, 0) is 68.3 Å². The Bertz CT molecular complexity index is 1270. The molecule has 0 bridgehead atoms. The number of hydrogen-bond donors (Lipinski definition) is 0. The van der Waals surface area contributed by atoms with Crippen LogP contribution >= 0.6 is 27.7 Å². The quantitative estimate of drug-likeness (QED) is 0.260. The first-order chi connectivity index (χ1) is 15.8. The average molecular weight is 564 g/mol. The molecule has 34 heavy (non-hydrogen) atoms. The normalized spacial score (nSPS) is 17.6.